The largest absolute Gasteiger partial charge is 0.303 e. The van der Waals surface area contributed by atoms with Crippen LogP contribution >= 0.6 is 0 Å². The zero-order chi connectivity index (χ0) is 8.72. The van der Waals surface area contributed by atoms with E-state index in [1.165, 1.54) is 25.8 Å². The first-order valence-electron chi connectivity index (χ1n) is 5.38. The van der Waals surface area contributed by atoms with Gasteiger partial charge >= 0.3 is 0 Å². The van der Waals surface area contributed by atoms with Crippen LogP contribution in [0.4, 0.5) is 0 Å². The Bertz CT molecular complexity index is 164. The van der Waals surface area contributed by atoms with E-state index in [-0.39, 0.29) is 0 Å². The lowest BCUT2D eigenvalue weighted by Gasteiger charge is -2.49. The van der Waals surface area contributed by atoms with Crippen molar-refractivity contribution < 1.29 is 0 Å². The Morgan fingerprint density at radius 2 is 1.83 bits per heavy atom. The number of hydrogen-bond acceptors (Lipinski definition) is 1. The topological polar surface area (TPSA) is 3.24 Å². The van der Waals surface area contributed by atoms with E-state index in [1.54, 1.807) is 0 Å². The van der Waals surface area contributed by atoms with Crippen LogP contribution < -0.4 is 0 Å². The van der Waals surface area contributed by atoms with Crippen molar-refractivity contribution in [3.05, 3.63) is 0 Å². The fourth-order valence-electron chi connectivity index (χ4n) is 2.97. The number of likely N-dealkylation sites (tertiary alicyclic amines) is 1. The van der Waals surface area contributed by atoms with Gasteiger partial charge in [0.05, 0.1) is 0 Å². The van der Waals surface area contributed by atoms with E-state index in [0.717, 1.165) is 23.8 Å². The Labute approximate surface area is 76.1 Å². The lowest BCUT2D eigenvalue weighted by Crippen LogP contribution is -2.50. The van der Waals surface area contributed by atoms with E-state index in [4.69, 9.17) is 0 Å². The van der Waals surface area contributed by atoms with Gasteiger partial charge in [0.2, 0.25) is 0 Å². The fraction of sp³-hybridized carbons (Fsp3) is 1.00. The average molecular weight is 167 g/mol. The van der Waals surface area contributed by atoms with Crippen LogP contribution in [-0.2, 0) is 0 Å². The Balaban J connectivity index is 1.97. The van der Waals surface area contributed by atoms with Gasteiger partial charge in [0.15, 0.2) is 0 Å². The summed E-state index contributed by atoms with van der Waals surface area (Å²) in [6.07, 6.45) is 4.49. The molecule has 0 N–H and O–H groups in total. The van der Waals surface area contributed by atoms with Crippen molar-refractivity contribution >= 4 is 0 Å². The van der Waals surface area contributed by atoms with Gasteiger partial charge in [0.25, 0.3) is 0 Å². The first-order chi connectivity index (χ1) is 5.68. The van der Waals surface area contributed by atoms with Gasteiger partial charge in [-0.05, 0) is 44.1 Å². The van der Waals surface area contributed by atoms with E-state index in [1.807, 2.05) is 0 Å². The summed E-state index contributed by atoms with van der Waals surface area (Å²) in [5.74, 6) is 3.00. The smallest absolute Gasteiger partial charge is 0.0118 e. The van der Waals surface area contributed by atoms with Crippen LogP contribution in [0.5, 0.6) is 0 Å². The third-order valence-corrected chi connectivity index (χ3v) is 3.98. The third kappa shape index (κ3) is 1.28. The maximum Gasteiger partial charge on any atom is 0.0118 e. The number of hydrogen-bond donors (Lipinski definition) is 0. The molecule has 0 bridgehead atoms. The molecule has 2 fully saturated rings. The number of rotatable bonds is 1. The fourth-order valence-corrected chi connectivity index (χ4v) is 2.97. The molecule has 0 spiro atoms. The van der Waals surface area contributed by atoms with Crippen LogP contribution in [0.2, 0.25) is 0 Å². The molecule has 1 heteroatoms. The second-order valence-electron chi connectivity index (χ2n) is 5.08. The highest BCUT2D eigenvalue weighted by Gasteiger charge is 2.39. The van der Waals surface area contributed by atoms with Gasteiger partial charge in [-0.3, -0.25) is 0 Å². The minimum atomic E-state index is 0.844. The summed E-state index contributed by atoms with van der Waals surface area (Å²) in [4.78, 5) is 2.59. The lowest BCUT2D eigenvalue weighted by molar-refractivity contribution is 0.00314. The Morgan fingerprint density at radius 1 is 1.17 bits per heavy atom. The molecule has 2 aliphatic rings. The van der Waals surface area contributed by atoms with Crippen LogP contribution in [0.1, 0.15) is 33.1 Å². The summed E-state index contributed by atoms with van der Waals surface area (Å²) in [5, 5.41) is 0. The Hall–Kier alpha value is -0.0400. The van der Waals surface area contributed by atoms with Crippen molar-refractivity contribution in [2.45, 2.75) is 39.2 Å². The molecule has 1 unspecified atom stereocenters. The van der Waals surface area contributed by atoms with Gasteiger partial charge in [-0.25, -0.2) is 0 Å². The van der Waals surface area contributed by atoms with Gasteiger partial charge in [0, 0.05) is 12.6 Å². The highest BCUT2D eigenvalue weighted by molar-refractivity contribution is 4.92. The van der Waals surface area contributed by atoms with E-state index in [2.05, 4.69) is 25.8 Å². The molecular weight excluding hydrogens is 146 g/mol. The van der Waals surface area contributed by atoms with Gasteiger partial charge in [-0.15, -0.1) is 0 Å². The summed E-state index contributed by atoms with van der Waals surface area (Å²) >= 11 is 0. The Kier molecular flexibility index (Phi) is 2.16. The molecule has 1 aliphatic carbocycles. The molecule has 0 aromatic rings. The molecule has 1 heterocycles. The average Bonchev–Trinajstić information content (AvgIpc) is 1.96. The Morgan fingerprint density at radius 3 is 2.33 bits per heavy atom. The maximum atomic E-state index is 2.59. The summed E-state index contributed by atoms with van der Waals surface area (Å²) in [6.45, 7) is 6.09. The second-order valence-corrected chi connectivity index (χ2v) is 5.08. The van der Waals surface area contributed by atoms with E-state index >= 15 is 0 Å². The summed E-state index contributed by atoms with van der Waals surface area (Å²) in [6, 6.07) is 0.867. The molecular formula is C11H21N. The minimum absolute atomic E-state index is 0.844. The summed E-state index contributed by atoms with van der Waals surface area (Å²) < 4.78 is 0. The van der Waals surface area contributed by atoms with Crippen molar-refractivity contribution in [2.24, 2.45) is 17.8 Å². The minimum Gasteiger partial charge on any atom is -0.303 e. The molecule has 0 aromatic carbocycles. The quantitative estimate of drug-likeness (QED) is 0.579. The number of fused-ring (bicyclic) bond motifs is 1. The SMILES string of the molecule is CC(C)C1C[C@@H]2CC[C@@H]2CN1C. The van der Waals surface area contributed by atoms with Crippen LogP contribution in [0, 0.1) is 17.8 Å². The second kappa shape index (κ2) is 3.02. The molecule has 1 saturated carbocycles. The highest BCUT2D eigenvalue weighted by Crippen LogP contribution is 2.43. The van der Waals surface area contributed by atoms with Crippen molar-refractivity contribution in [2.75, 3.05) is 13.6 Å². The number of nitrogens with zero attached hydrogens (tertiary/aromatic N) is 1. The molecule has 70 valence electrons. The first-order valence-corrected chi connectivity index (χ1v) is 5.38. The molecule has 1 aliphatic heterocycles. The first kappa shape index (κ1) is 8.55. The van der Waals surface area contributed by atoms with E-state index < -0.39 is 0 Å². The van der Waals surface area contributed by atoms with Gasteiger partial charge in [0.1, 0.15) is 0 Å². The van der Waals surface area contributed by atoms with Gasteiger partial charge < -0.3 is 4.90 Å². The van der Waals surface area contributed by atoms with Crippen molar-refractivity contribution in [3.8, 4) is 0 Å². The zero-order valence-corrected chi connectivity index (χ0v) is 8.59. The molecule has 1 nitrogen and oxygen atoms in total. The molecule has 12 heavy (non-hydrogen) atoms. The van der Waals surface area contributed by atoms with Crippen molar-refractivity contribution in [3.63, 3.8) is 0 Å². The zero-order valence-electron chi connectivity index (χ0n) is 8.59. The van der Waals surface area contributed by atoms with Gasteiger partial charge in [-0.1, -0.05) is 13.8 Å². The summed E-state index contributed by atoms with van der Waals surface area (Å²) in [5.41, 5.74) is 0. The van der Waals surface area contributed by atoms with Crippen LogP contribution in [0.3, 0.4) is 0 Å². The molecule has 0 aromatic heterocycles. The lowest BCUT2D eigenvalue weighted by atomic mass is 9.66. The van der Waals surface area contributed by atoms with Crippen molar-refractivity contribution in [1.29, 1.82) is 0 Å². The highest BCUT2D eigenvalue weighted by atomic mass is 15.1. The molecule has 0 radical (unpaired) electrons. The predicted molar refractivity (Wildman–Crippen MR) is 52.1 cm³/mol. The molecule has 3 atom stereocenters. The molecule has 1 saturated heterocycles. The van der Waals surface area contributed by atoms with Gasteiger partial charge in [-0.2, -0.15) is 0 Å². The maximum absolute atomic E-state index is 2.59. The van der Waals surface area contributed by atoms with E-state index in [9.17, 15) is 0 Å². The van der Waals surface area contributed by atoms with Crippen LogP contribution in [0.15, 0.2) is 0 Å². The van der Waals surface area contributed by atoms with E-state index in [0.29, 0.717) is 0 Å². The monoisotopic (exact) mass is 167 g/mol. The normalized spacial score (nSPS) is 42.5. The van der Waals surface area contributed by atoms with Crippen LogP contribution in [0.25, 0.3) is 0 Å². The van der Waals surface area contributed by atoms with Crippen LogP contribution in [-0.4, -0.2) is 24.5 Å². The summed E-state index contributed by atoms with van der Waals surface area (Å²) in [7, 11) is 2.30. The standard InChI is InChI=1S/C11H21N/c1-8(2)11-6-9-4-5-10(9)7-12(11)3/h8-11H,4-7H2,1-3H3/t9-,10+,11?/m0/s1. The molecule has 2 rings (SSSR count). The number of piperidine rings is 1. The molecule has 0 amide bonds. The third-order valence-electron chi connectivity index (χ3n) is 3.98. The predicted octanol–water partition coefficient (Wildman–Crippen LogP) is 2.37. The van der Waals surface area contributed by atoms with Crippen molar-refractivity contribution in [1.82, 2.24) is 4.90 Å².